The van der Waals surface area contributed by atoms with Gasteiger partial charge in [0.2, 0.25) is 21.8 Å². The number of piperidine rings is 1. The highest BCUT2D eigenvalue weighted by Gasteiger charge is 2.25. The molecule has 1 saturated heterocycles. The largest absolute Gasteiger partial charge is 0.481 e. The summed E-state index contributed by atoms with van der Waals surface area (Å²) in [6.45, 7) is 5.96. The fourth-order valence-electron chi connectivity index (χ4n) is 4.10. The van der Waals surface area contributed by atoms with E-state index in [2.05, 4.69) is 20.7 Å². The molecule has 0 spiro atoms. The highest BCUT2D eigenvalue weighted by Crippen LogP contribution is 2.19. The summed E-state index contributed by atoms with van der Waals surface area (Å²) >= 11 is 0. The average Bonchev–Trinajstić information content (AvgIpc) is 2.77. The Morgan fingerprint density at radius 2 is 1.77 bits per heavy atom. The zero-order valence-corrected chi connectivity index (χ0v) is 21.3. The lowest BCUT2D eigenvalue weighted by molar-refractivity contribution is -0.137. The molecule has 35 heavy (non-hydrogen) atoms. The molecular weight excluding hydrogens is 472 g/mol. The van der Waals surface area contributed by atoms with Crippen LogP contribution in [0.3, 0.4) is 0 Å². The lowest BCUT2D eigenvalue weighted by Crippen LogP contribution is -2.49. The minimum atomic E-state index is -4.08. The van der Waals surface area contributed by atoms with Crippen LogP contribution in [0.25, 0.3) is 0 Å². The van der Waals surface area contributed by atoms with Crippen LogP contribution >= 0.6 is 0 Å². The molecule has 10 nitrogen and oxygen atoms in total. The maximum atomic E-state index is 13.0. The van der Waals surface area contributed by atoms with Gasteiger partial charge in [-0.1, -0.05) is 32.0 Å². The highest BCUT2D eigenvalue weighted by atomic mass is 32.2. The first-order chi connectivity index (χ1) is 16.6. The molecule has 1 aliphatic rings. The van der Waals surface area contributed by atoms with E-state index in [1.54, 1.807) is 18.2 Å². The van der Waals surface area contributed by atoms with Crippen LogP contribution in [-0.4, -0.2) is 57.1 Å². The van der Waals surface area contributed by atoms with Crippen molar-refractivity contribution in [3.8, 4) is 0 Å². The van der Waals surface area contributed by atoms with Crippen LogP contribution in [0.2, 0.25) is 0 Å². The van der Waals surface area contributed by atoms with Crippen LogP contribution in [0, 0.1) is 11.8 Å². The third kappa shape index (κ3) is 10.7. The van der Waals surface area contributed by atoms with Gasteiger partial charge in [0.25, 0.3) is 0 Å². The van der Waals surface area contributed by atoms with Crippen LogP contribution in [0.4, 0.5) is 0 Å². The summed E-state index contributed by atoms with van der Waals surface area (Å²) < 4.78 is 28.3. The van der Waals surface area contributed by atoms with Gasteiger partial charge in [-0.2, -0.15) is 4.72 Å². The van der Waals surface area contributed by atoms with Crippen molar-refractivity contribution in [2.24, 2.45) is 11.8 Å². The first-order valence-corrected chi connectivity index (χ1v) is 13.6. The van der Waals surface area contributed by atoms with Gasteiger partial charge in [-0.05, 0) is 62.2 Å². The molecule has 2 amide bonds. The molecule has 0 aliphatic carbocycles. The Kier molecular flexibility index (Phi) is 11.6. The summed E-state index contributed by atoms with van der Waals surface area (Å²) in [5.41, 5.74) is 0.614. The second-order valence-electron chi connectivity index (χ2n) is 9.38. The predicted octanol–water partition coefficient (Wildman–Crippen LogP) is 1.37. The molecule has 1 aromatic carbocycles. The minimum absolute atomic E-state index is 0.0550. The number of nitrogens with one attached hydrogen (secondary N) is 4. The Morgan fingerprint density at radius 1 is 1.09 bits per heavy atom. The van der Waals surface area contributed by atoms with Gasteiger partial charge in [-0.3, -0.25) is 14.4 Å². The van der Waals surface area contributed by atoms with Crippen molar-refractivity contribution in [2.75, 3.05) is 19.6 Å². The summed E-state index contributed by atoms with van der Waals surface area (Å²) in [6, 6.07) is 6.51. The molecule has 0 bridgehead atoms. The molecule has 196 valence electrons. The second-order valence-corrected chi connectivity index (χ2v) is 11.1. The minimum Gasteiger partial charge on any atom is -0.481 e. The number of carboxylic acids is 1. The Bertz CT molecular complexity index is 961. The van der Waals surface area contributed by atoms with E-state index in [0.29, 0.717) is 24.3 Å². The number of sulfonamides is 1. The fraction of sp³-hybridized carbons (Fsp3) is 0.625. The van der Waals surface area contributed by atoms with E-state index in [4.69, 9.17) is 0 Å². The summed E-state index contributed by atoms with van der Waals surface area (Å²) in [5.74, 6) is -1.22. The Hall–Kier alpha value is -2.50. The first kappa shape index (κ1) is 28.7. The molecule has 1 aromatic rings. The van der Waals surface area contributed by atoms with Gasteiger partial charge in [0, 0.05) is 19.4 Å². The Balaban J connectivity index is 1.88. The number of hydrogen-bond acceptors (Lipinski definition) is 6. The third-order valence-electron chi connectivity index (χ3n) is 5.81. The number of carbonyl (C=O) groups is 3. The monoisotopic (exact) mass is 510 g/mol. The van der Waals surface area contributed by atoms with E-state index in [-0.39, 0.29) is 29.7 Å². The SMILES string of the molecule is CC(C)Cc1ccccc1S(=O)(=O)NC(CC(=O)O)NC(=O)CCNC(=O)CCC1CCNCC1. The van der Waals surface area contributed by atoms with Gasteiger partial charge in [0.15, 0.2) is 0 Å². The molecule has 1 heterocycles. The van der Waals surface area contributed by atoms with E-state index in [1.165, 1.54) is 6.07 Å². The maximum absolute atomic E-state index is 13.0. The van der Waals surface area contributed by atoms with Gasteiger partial charge >= 0.3 is 5.97 Å². The van der Waals surface area contributed by atoms with Gasteiger partial charge in [-0.15, -0.1) is 0 Å². The van der Waals surface area contributed by atoms with Gasteiger partial charge in [-0.25, -0.2) is 8.42 Å². The number of amides is 2. The number of carbonyl (C=O) groups excluding carboxylic acids is 2. The van der Waals surface area contributed by atoms with Crippen molar-refractivity contribution in [3.05, 3.63) is 29.8 Å². The lowest BCUT2D eigenvalue weighted by Gasteiger charge is -2.22. The topological polar surface area (TPSA) is 154 Å². The number of aliphatic carboxylic acids is 1. The zero-order valence-electron chi connectivity index (χ0n) is 20.5. The van der Waals surface area contributed by atoms with E-state index in [0.717, 1.165) is 32.4 Å². The van der Waals surface area contributed by atoms with Gasteiger partial charge in [0.05, 0.1) is 11.3 Å². The molecule has 0 saturated carbocycles. The maximum Gasteiger partial charge on any atom is 0.306 e. The summed E-state index contributed by atoms with van der Waals surface area (Å²) in [6.07, 6.45) is 1.79. The van der Waals surface area contributed by atoms with E-state index < -0.39 is 34.5 Å². The van der Waals surface area contributed by atoms with Crippen molar-refractivity contribution in [3.63, 3.8) is 0 Å². The number of hydrogen-bond donors (Lipinski definition) is 5. The molecule has 2 rings (SSSR count). The standard InChI is InChI=1S/C24H38N4O6S/c1-17(2)15-19-5-3-4-6-20(19)35(33,34)28-21(16-24(31)32)27-23(30)11-14-26-22(29)8-7-18-9-12-25-13-10-18/h3-6,17-18,21,25,28H,7-16H2,1-2H3,(H,26,29)(H,27,30)(H,31,32). The van der Waals surface area contributed by atoms with E-state index in [9.17, 15) is 27.9 Å². The second kappa shape index (κ2) is 14.2. The molecule has 1 unspecified atom stereocenters. The Labute approximate surface area is 207 Å². The fourth-order valence-corrected chi connectivity index (χ4v) is 5.50. The smallest absolute Gasteiger partial charge is 0.306 e. The number of carboxylic acid groups (broad SMARTS) is 1. The van der Waals surface area contributed by atoms with Crippen molar-refractivity contribution < 1.29 is 27.9 Å². The molecule has 5 N–H and O–H groups in total. The molecular formula is C24H38N4O6S. The van der Waals surface area contributed by atoms with Crippen LogP contribution < -0.4 is 20.7 Å². The number of benzene rings is 1. The van der Waals surface area contributed by atoms with Gasteiger partial charge in [0.1, 0.15) is 6.17 Å². The van der Waals surface area contributed by atoms with Crippen LogP contribution in [0.15, 0.2) is 29.2 Å². The molecule has 1 fully saturated rings. The van der Waals surface area contributed by atoms with Crippen LogP contribution in [0.1, 0.15) is 57.9 Å². The van der Waals surface area contributed by atoms with Crippen molar-refractivity contribution in [2.45, 2.75) is 69.9 Å². The zero-order chi connectivity index (χ0) is 25.8. The molecule has 0 radical (unpaired) electrons. The first-order valence-electron chi connectivity index (χ1n) is 12.2. The average molecular weight is 511 g/mol. The lowest BCUT2D eigenvalue weighted by atomic mass is 9.93. The van der Waals surface area contributed by atoms with Crippen LogP contribution in [0.5, 0.6) is 0 Å². The van der Waals surface area contributed by atoms with Gasteiger partial charge < -0.3 is 21.1 Å². The highest BCUT2D eigenvalue weighted by molar-refractivity contribution is 7.89. The molecule has 11 heteroatoms. The normalized spacial score (nSPS) is 15.5. The van der Waals surface area contributed by atoms with Crippen molar-refractivity contribution in [1.29, 1.82) is 0 Å². The van der Waals surface area contributed by atoms with Crippen LogP contribution in [-0.2, 0) is 30.8 Å². The Morgan fingerprint density at radius 3 is 2.43 bits per heavy atom. The predicted molar refractivity (Wildman–Crippen MR) is 132 cm³/mol. The molecule has 1 aliphatic heterocycles. The summed E-state index contributed by atoms with van der Waals surface area (Å²) in [5, 5.41) is 17.6. The quantitative estimate of drug-likeness (QED) is 0.237. The summed E-state index contributed by atoms with van der Waals surface area (Å²) in [7, 11) is -4.08. The third-order valence-corrected chi connectivity index (χ3v) is 7.39. The van der Waals surface area contributed by atoms with Crippen molar-refractivity contribution >= 4 is 27.8 Å². The van der Waals surface area contributed by atoms with E-state index >= 15 is 0 Å². The van der Waals surface area contributed by atoms with E-state index in [1.807, 2.05) is 13.8 Å². The molecule has 1 atom stereocenters. The number of rotatable bonds is 14. The summed E-state index contributed by atoms with van der Waals surface area (Å²) in [4.78, 5) is 35.8. The molecule has 0 aromatic heterocycles. The van der Waals surface area contributed by atoms with Crippen molar-refractivity contribution in [1.82, 2.24) is 20.7 Å².